The number of piperidine rings is 1. The Hall–Kier alpha value is -1.28. The lowest BCUT2D eigenvalue weighted by Crippen LogP contribution is -2.49. The van der Waals surface area contributed by atoms with Gasteiger partial charge in [0, 0.05) is 19.1 Å². The molecule has 2 heterocycles. The van der Waals surface area contributed by atoms with Crippen molar-refractivity contribution in [2.75, 3.05) is 18.0 Å². The third-order valence-electron chi connectivity index (χ3n) is 3.26. The molecule has 8 heteroatoms. The van der Waals surface area contributed by atoms with Crippen LogP contribution in [0.3, 0.4) is 0 Å². The Balaban J connectivity index is 2.04. The van der Waals surface area contributed by atoms with Crippen molar-refractivity contribution in [1.82, 2.24) is 14.7 Å². The molecule has 1 N–H and O–H groups in total. The molecule has 6 nitrogen and oxygen atoms in total. The Morgan fingerprint density at radius 2 is 2.05 bits per heavy atom. The highest BCUT2D eigenvalue weighted by molar-refractivity contribution is 7.90. The molecule has 112 valence electrons. The van der Waals surface area contributed by atoms with E-state index in [1.807, 2.05) is 4.90 Å². The van der Waals surface area contributed by atoms with Gasteiger partial charge in [0.2, 0.25) is 16.0 Å². The molecule has 0 spiro atoms. The summed E-state index contributed by atoms with van der Waals surface area (Å²) in [6.45, 7) is 4.53. The van der Waals surface area contributed by atoms with Crippen LogP contribution in [-0.2, 0) is 10.0 Å². The van der Waals surface area contributed by atoms with Gasteiger partial charge in [-0.15, -0.1) is 0 Å². The normalized spacial score (nSPS) is 20.4. The predicted molar refractivity (Wildman–Crippen MR) is 74.4 cm³/mol. The summed E-state index contributed by atoms with van der Waals surface area (Å²) >= 11 is 0. The summed E-state index contributed by atoms with van der Waals surface area (Å²) < 4.78 is 39.3. The van der Waals surface area contributed by atoms with E-state index < -0.39 is 21.1 Å². The molecule has 1 atom stereocenters. The molecule has 0 aliphatic carbocycles. The molecule has 1 aromatic heterocycles. The maximum Gasteiger partial charge on any atom is 0.225 e. The van der Waals surface area contributed by atoms with Crippen LogP contribution in [0.2, 0.25) is 0 Å². The number of anilines is 1. The summed E-state index contributed by atoms with van der Waals surface area (Å²) in [5.41, 5.74) is 0. The van der Waals surface area contributed by atoms with Crippen LogP contribution in [0.25, 0.3) is 0 Å². The molecular weight excluding hydrogens is 283 g/mol. The number of aromatic nitrogens is 2. The first kappa shape index (κ1) is 15.1. The lowest BCUT2D eigenvalue weighted by molar-refractivity contribution is 0.459. The number of rotatable bonds is 4. The molecule has 0 amide bonds. The highest BCUT2D eigenvalue weighted by Crippen LogP contribution is 2.16. The average molecular weight is 302 g/mol. The first-order valence-electron chi connectivity index (χ1n) is 6.62. The van der Waals surface area contributed by atoms with E-state index in [0.717, 1.165) is 31.8 Å². The van der Waals surface area contributed by atoms with E-state index >= 15 is 0 Å². The highest BCUT2D eigenvalue weighted by atomic mass is 32.2. The van der Waals surface area contributed by atoms with E-state index in [1.165, 1.54) is 0 Å². The summed E-state index contributed by atoms with van der Waals surface area (Å²) in [5.74, 6) is -0.0531. The van der Waals surface area contributed by atoms with E-state index in [0.29, 0.717) is 12.5 Å². The lowest BCUT2D eigenvalue weighted by atomic mass is 10.1. The largest absolute Gasteiger partial charge is 0.339 e. The van der Waals surface area contributed by atoms with E-state index in [4.69, 9.17) is 0 Å². The number of nitrogens with one attached hydrogen (secondary N) is 1. The van der Waals surface area contributed by atoms with Crippen molar-refractivity contribution in [2.45, 2.75) is 38.0 Å². The maximum absolute atomic E-state index is 12.8. The average Bonchev–Trinajstić information content (AvgIpc) is 2.39. The van der Waals surface area contributed by atoms with Gasteiger partial charge in [0.1, 0.15) is 0 Å². The van der Waals surface area contributed by atoms with Gasteiger partial charge in [-0.05, 0) is 26.7 Å². The summed E-state index contributed by atoms with van der Waals surface area (Å²) in [6.07, 6.45) is 3.85. The molecular formula is C12H19FN4O2S. The van der Waals surface area contributed by atoms with Gasteiger partial charge in [-0.1, -0.05) is 0 Å². The van der Waals surface area contributed by atoms with Gasteiger partial charge in [0.15, 0.2) is 5.82 Å². The highest BCUT2D eigenvalue weighted by Gasteiger charge is 2.26. The van der Waals surface area contributed by atoms with E-state index in [2.05, 4.69) is 14.7 Å². The summed E-state index contributed by atoms with van der Waals surface area (Å²) in [7, 11) is -3.29. The number of sulfonamides is 1. The van der Waals surface area contributed by atoms with Crippen molar-refractivity contribution in [2.24, 2.45) is 0 Å². The zero-order chi connectivity index (χ0) is 14.8. The predicted octanol–water partition coefficient (Wildman–Crippen LogP) is 0.912. The van der Waals surface area contributed by atoms with Crippen molar-refractivity contribution in [3.8, 4) is 0 Å². The second-order valence-corrected chi connectivity index (χ2v) is 7.47. The Morgan fingerprint density at radius 3 is 2.65 bits per heavy atom. The van der Waals surface area contributed by atoms with E-state index in [-0.39, 0.29) is 6.04 Å². The fraction of sp³-hybridized carbons (Fsp3) is 0.667. The van der Waals surface area contributed by atoms with Crippen molar-refractivity contribution in [3.63, 3.8) is 0 Å². The fourth-order valence-corrected chi connectivity index (χ4v) is 3.02. The number of halogens is 1. The van der Waals surface area contributed by atoms with Gasteiger partial charge in [-0.3, -0.25) is 0 Å². The Labute approximate surface area is 118 Å². The van der Waals surface area contributed by atoms with Crippen molar-refractivity contribution in [1.29, 1.82) is 0 Å². The van der Waals surface area contributed by atoms with Crippen molar-refractivity contribution >= 4 is 16.0 Å². The zero-order valence-electron chi connectivity index (χ0n) is 11.6. The summed E-state index contributed by atoms with van der Waals surface area (Å²) in [4.78, 5) is 9.73. The smallest absolute Gasteiger partial charge is 0.225 e. The standard InChI is InChI=1S/C12H19FN4O2S/c1-9(2)20(18,19)16-11-4-3-5-17(8-11)12-14-6-10(13)7-15-12/h6-7,9,11,16H,3-5,8H2,1-2H3. The van der Waals surface area contributed by atoms with Gasteiger partial charge in [0.05, 0.1) is 17.6 Å². The van der Waals surface area contributed by atoms with Crippen molar-refractivity contribution in [3.05, 3.63) is 18.2 Å². The maximum atomic E-state index is 12.8. The number of hydrogen-bond donors (Lipinski definition) is 1. The second-order valence-electron chi connectivity index (χ2n) is 5.20. The summed E-state index contributed by atoms with van der Waals surface area (Å²) in [5, 5.41) is -0.458. The second kappa shape index (κ2) is 6.01. The van der Waals surface area contributed by atoms with Crippen LogP contribution in [-0.4, -0.2) is 42.8 Å². The molecule has 0 aromatic carbocycles. The SMILES string of the molecule is CC(C)S(=O)(=O)NC1CCCN(c2ncc(F)cn2)C1. The van der Waals surface area contributed by atoms with Crippen LogP contribution in [0, 0.1) is 5.82 Å². The third-order valence-corrected chi connectivity index (χ3v) is 5.17. The van der Waals surface area contributed by atoms with Crippen molar-refractivity contribution < 1.29 is 12.8 Å². The van der Waals surface area contributed by atoms with Gasteiger partial charge in [0.25, 0.3) is 0 Å². The van der Waals surface area contributed by atoms with Crippen LogP contribution in [0.4, 0.5) is 10.3 Å². The third kappa shape index (κ3) is 3.63. The molecule has 0 bridgehead atoms. The van der Waals surface area contributed by atoms with Gasteiger partial charge >= 0.3 is 0 Å². The quantitative estimate of drug-likeness (QED) is 0.895. The Morgan fingerprint density at radius 1 is 1.40 bits per heavy atom. The minimum Gasteiger partial charge on any atom is -0.339 e. The first-order valence-corrected chi connectivity index (χ1v) is 8.17. The van der Waals surface area contributed by atoms with E-state index in [9.17, 15) is 12.8 Å². The van der Waals surface area contributed by atoms with Crippen LogP contribution in [0.15, 0.2) is 12.4 Å². The minimum atomic E-state index is -3.29. The molecule has 2 rings (SSSR count). The van der Waals surface area contributed by atoms with Gasteiger partial charge < -0.3 is 4.90 Å². The van der Waals surface area contributed by atoms with Crippen LogP contribution in [0.5, 0.6) is 0 Å². The van der Waals surface area contributed by atoms with Gasteiger partial charge in [-0.25, -0.2) is 27.5 Å². The molecule has 0 radical (unpaired) electrons. The molecule has 1 fully saturated rings. The van der Waals surface area contributed by atoms with Crippen LogP contribution in [0.1, 0.15) is 26.7 Å². The van der Waals surface area contributed by atoms with Crippen LogP contribution < -0.4 is 9.62 Å². The fourth-order valence-electron chi connectivity index (χ4n) is 2.09. The Kier molecular flexibility index (Phi) is 4.54. The number of hydrogen-bond acceptors (Lipinski definition) is 5. The zero-order valence-corrected chi connectivity index (χ0v) is 12.4. The first-order chi connectivity index (χ1) is 9.38. The molecule has 20 heavy (non-hydrogen) atoms. The van der Waals surface area contributed by atoms with Crippen LogP contribution >= 0.6 is 0 Å². The molecule has 1 saturated heterocycles. The molecule has 1 unspecified atom stereocenters. The lowest BCUT2D eigenvalue weighted by Gasteiger charge is -2.33. The molecule has 0 saturated carbocycles. The monoisotopic (exact) mass is 302 g/mol. The molecule has 1 aromatic rings. The number of nitrogens with zero attached hydrogens (tertiary/aromatic N) is 3. The van der Waals surface area contributed by atoms with E-state index in [1.54, 1.807) is 13.8 Å². The van der Waals surface area contributed by atoms with Gasteiger partial charge in [-0.2, -0.15) is 0 Å². The topological polar surface area (TPSA) is 75.2 Å². The summed E-state index contributed by atoms with van der Waals surface area (Å²) in [6, 6.07) is -0.162. The molecule has 1 aliphatic heterocycles. The molecule has 1 aliphatic rings. The Bertz CT molecular complexity index is 547. The minimum absolute atomic E-state index is 0.162.